The van der Waals surface area contributed by atoms with Crippen molar-refractivity contribution < 1.29 is 19.4 Å². The third kappa shape index (κ3) is 3.40. The summed E-state index contributed by atoms with van der Waals surface area (Å²) in [6.07, 6.45) is 0. The monoisotopic (exact) mass is 304 g/mol. The van der Waals surface area contributed by atoms with Crippen molar-refractivity contribution in [2.24, 2.45) is 0 Å². The number of nitrogens with zero attached hydrogens (tertiary/aromatic N) is 3. The summed E-state index contributed by atoms with van der Waals surface area (Å²) in [7, 11) is 0. The van der Waals surface area contributed by atoms with Crippen molar-refractivity contribution in [3.63, 3.8) is 0 Å². The fourth-order valence-corrected chi connectivity index (χ4v) is 1.87. The number of hydrogen-bond donors (Lipinski definition) is 2. The van der Waals surface area contributed by atoms with Gasteiger partial charge in [0.05, 0.1) is 18.0 Å². The molecule has 116 valence electrons. The molecule has 1 heterocycles. The van der Waals surface area contributed by atoms with Gasteiger partial charge in [0.15, 0.2) is 5.69 Å². The van der Waals surface area contributed by atoms with Gasteiger partial charge in [-0.3, -0.25) is 9.59 Å². The van der Waals surface area contributed by atoms with Gasteiger partial charge in [0, 0.05) is 0 Å². The summed E-state index contributed by atoms with van der Waals surface area (Å²) in [4.78, 5) is 22.3. The Morgan fingerprint density at radius 1 is 1.32 bits per heavy atom. The highest BCUT2D eigenvalue weighted by atomic mass is 16.5. The van der Waals surface area contributed by atoms with Gasteiger partial charge in [0.2, 0.25) is 0 Å². The van der Waals surface area contributed by atoms with Crippen LogP contribution in [0.2, 0.25) is 0 Å². The first-order chi connectivity index (χ1) is 10.5. The molecule has 22 heavy (non-hydrogen) atoms. The van der Waals surface area contributed by atoms with E-state index in [2.05, 4.69) is 15.6 Å². The molecule has 0 aliphatic carbocycles. The molecule has 2 aromatic rings. The lowest BCUT2D eigenvalue weighted by atomic mass is 10.2. The van der Waals surface area contributed by atoms with Crippen molar-refractivity contribution in [3.05, 3.63) is 35.7 Å². The zero-order chi connectivity index (χ0) is 16.1. The molecule has 1 aromatic carbocycles. The van der Waals surface area contributed by atoms with Crippen LogP contribution in [0.15, 0.2) is 24.3 Å². The summed E-state index contributed by atoms with van der Waals surface area (Å²) in [5, 5.41) is 18.6. The largest absolute Gasteiger partial charge is 0.494 e. The summed E-state index contributed by atoms with van der Waals surface area (Å²) in [5.74, 6) is -0.953. The molecule has 2 rings (SSSR count). The fraction of sp³-hybridized carbons (Fsp3) is 0.286. The van der Waals surface area contributed by atoms with E-state index in [1.165, 1.54) is 4.68 Å². The first-order valence-corrected chi connectivity index (χ1v) is 6.68. The van der Waals surface area contributed by atoms with Gasteiger partial charge in [0.1, 0.15) is 12.3 Å². The highest BCUT2D eigenvalue weighted by Crippen LogP contribution is 2.17. The number of nitrogens with one attached hydrogen (secondary N) is 1. The van der Waals surface area contributed by atoms with Crippen LogP contribution < -0.4 is 10.1 Å². The van der Waals surface area contributed by atoms with Gasteiger partial charge in [-0.2, -0.15) is 0 Å². The molecular formula is C14H16N4O4. The first kappa shape index (κ1) is 15.5. The predicted octanol–water partition coefficient (Wildman–Crippen LogP) is 0.789. The highest BCUT2D eigenvalue weighted by Gasteiger charge is 2.17. The number of aromatic nitrogens is 3. The Labute approximate surface area is 126 Å². The molecule has 0 fully saturated rings. The topological polar surface area (TPSA) is 106 Å². The average Bonchev–Trinajstić information content (AvgIpc) is 2.88. The van der Waals surface area contributed by atoms with Gasteiger partial charge in [-0.1, -0.05) is 5.21 Å². The second-order valence-electron chi connectivity index (χ2n) is 4.44. The maximum atomic E-state index is 11.8. The minimum absolute atomic E-state index is 0.0927. The highest BCUT2D eigenvalue weighted by molar-refractivity contribution is 5.94. The third-order valence-electron chi connectivity index (χ3n) is 2.90. The molecule has 0 saturated heterocycles. The van der Waals surface area contributed by atoms with Gasteiger partial charge in [0.25, 0.3) is 5.91 Å². The normalized spacial score (nSPS) is 10.3. The zero-order valence-corrected chi connectivity index (χ0v) is 12.2. The molecule has 0 aliphatic rings. The molecule has 0 saturated carbocycles. The van der Waals surface area contributed by atoms with E-state index in [1.54, 1.807) is 31.2 Å². The number of hydrogen-bond acceptors (Lipinski definition) is 5. The van der Waals surface area contributed by atoms with Crippen LogP contribution in [0.3, 0.4) is 0 Å². The van der Waals surface area contributed by atoms with Crippen molar-refractivity contribution in [2.75, 3.05) is 13.2 Å². The standard InChI is InChI=1S/C14H16N4O4/c1-3-22-11-6-4-10(5-7-11)18-9(2)13(16-17-18)14(21)15-8-12(19)20/h4-7H,3,8H2,1-2H3,(H,15,21)(H,19,20). The van der Waals surface area contributed by atoms with Crippen molar-refractivity contribution in [1.82, 2.24) is 20.3 Å². The Balaban J connectivity index is 2.19. The minimum Gasteiger partial charge on any atom is -0.494 e. The lowest BCUT2D eigenvalue weighted by molar-refractivity contribution is -0.135. The van der Waals surface area contributed by atoms with Crippen LogP contribution >= 0.6 is 0 Å². The molecule has 0 atom stereocenters. The van der Waals surface area contributed by atoms with E-state index in [1.807, 2.05) is 6.92 Å². The Morgan fingerprint density at radius 3 is 2.59 bits per heavy atom. The number of carbonyl (C=O) groups excluding carboxylic acids is 1. The number of amides is 1. The minimum atomic E-state index is -1.12. The molecule has 8 nitrogen and oxygen atoms in total. The van der Waals surface area contributed by atoms with E-state index in [4.69, 9.17) is 9.84 Å². The average molecular weight is 304 g/mol. The van der Waals surface area contributed by atoms with E-state index in [9.17, 15) is 9.59 Å². The quantitative estimate of drug-likeness (QED) is 0.817. The molecule has 0 spiro atoms. The van der Waals surface area contributed by atoms with Gasteiger partial charge in [-0.05, 0) is 38.1 Å². The van der Waals surface area contributed by atoms with Crippen LogP contribution in [-0.2, 0) is 4.79 Å². The Kier molecular flexibility index (Phi) is 4.72. The maximum Gasteiger partial charge on any atom is 0.322 e. The van der Waals surface area contributed by atoms with Crippen LogP contribution in [0.5, 0.6) is 5.75 Å². The summed E-state index contributed by atoms with van der Waals surface area (Å²) in [6, 6.07) is 7.19. The second-order valence-corrected chi connectivity index (χ2v) is 4.44. The van der Waals surface area contributed by atoms with E-state index in [0.717, 1.165) is 11.4 Å². The van der Waals surface area contributed by atoms with E-state index < -0.39 is 18.4 Å². The van der Waals surface area contributed by atoms with E-state index in [-0.39, 0.29) is 5.69 Å². The van der Waals surface area contributed by atoms with Gasteiger partial charge in [-0.15, -0.1) is 5.10 Å². The maximum absolute atomic E-state index is 11.8. The number of rotatable bonds is 6. The molecule has 8 heteroatoms. The number of aliphatic carboxylic acids is 1. The summed E-state index contributed by atoms with van der Waals surface area (Å²) in [6.45, 7) is 3.70. The molecule has 0 aliphatic heterocycles. The Hall–Kier alpha value is -2.90. The zero-order valence-electron chi connectivity index (χ0n) is 12.2. The van der Waals surface area contributed by atoms with E-state index in [0.29, 0.717) is 12.3 Å². The van der Waals surface area contributed by atoms with Crippen LogP contribution in [-0.4, -0.2) is 45.1 Å². The molecule has 1 aromatic heterocycles. The summed E-state index contributed by atoms with van der Waals surface area (Å²) >= 11 is 0. The number of ether oxygens (including phenoxy) is 1. The fourth-order valence-electron chi connectivity index (χ4n) is 1.87. The van der Waals surface area contributed by atoms with Crippen molar-refractivity contribution in [1.29, 1.82) is 0 Å². The Morgan fingerprint density at radius 2 is 2.00 bits per heavy atom. The first-order valence-electron chi connectivity index (χ1n) is 6.68. The summed E-state index contributed by atoms with van der Waals surface area (Å²) < 4.78 is 6.87. The van der Waals surface area contributed by atoms with Crippen molar-refractivity contribution >= 4 is 11.9 Å². The smallest absolute Gasteiger partial charge is 0.322 e. The number of benzene rings is 1. The number of carboxylic acids is 1. The third-order valence-corrected chi connectivity index (χ3v) is 2.90. The molecule has 1 amide bonds. The summed E-state index contributed by atoms with van der Waals surface area (Å²) in [5.41, 5.74) is 1.34. The lowest BCUT2D eigenvalue weighted by Gasteiger charge is -2.06. The molecule has 0 unspecified atom stereocenters. The van der Waals surface area contributed by atoms with Crippen molar-refractivity contribution in [2.45, 2.75) is 13.8 Å². The van der Waals surface area contributed by atoms with Gasteiger partial charge >= 0.3 is 5.97 Å². The number of carbonyl (C=O) groups is 2. The molecule has 0 bridgehead atoms. The van der Waals surface area contributed by atoms with Crippen LogP contribution in [0.4, 0.5) is 0 Å². The second kappa shape index (κ2) is 6.70. The van der Waals surface area contributed by atoms with Gasteiger partial charge in [-0.25, -0.2) is 4.68 Å². The lowest BCUT2D eigenvalue weighted by Crippen LogP contribution is -2.30. The van der Waals surface area contributed by atoms with Gasteiger partial charge < -0.3 is 15.2 Å². The molecular weight excluding hydrogens is 288 g/mol. The SMILES string of the molecule is CCOc1ccc(-n2nnc(C(=O)NCC(=O)O)c2C)cc1. The van der Waals surface area contributed by atoms with Crippen LogP contribution in [0, 0.1) is 6.92 Å². The van der Waals surface area contributed by atoms with Crippen LogP contribution in [0.25, 0.3) is 5.69 Å². The Bertz CT molecular complexity index is 679. The van der Waals surface area contributed by atoms with Crippen molar-refractivity contribution in [3.8, 4) is 11.4 Å². The predicted molar refractivity (Wildman–Crippen MR) is 77.2 cm³/mol. The van der Waals surface area contributed by atoms with Crippen LogP contribution in [0.1, 0.15) is 23.1 Å². The number of carboxylic acid groups (broad SMARTS) is 1. The molecule has 2 N–H and O–H groups in total. The molecule has 0 radical (unpaired) electrons. The van der Waals surface area contributed by atoms with E-state index >= 15 is 0 Å².